The first-order valence-electron chi connectivity index (χ1n) is 9.37. The Morgan fingerprint density at radius 1 is 1.31 bits per heavy atom. The van der Waals surface area contributed by atoms with Gasteiger partial charge in [0.25, 0.3) is 5.91 Å². The molecule has 6 nitrogen and oxygen atoms in total. The lowest BCUT2D eigenvalue weighted by Crippen LogP contribution is -2.40. The molecule has 1 aromatic carbocycles. The smallest absolute Gasteiger partial charge is 0.260 e. The summed E-state index contributed by atoms with van der Waals surface area (Å²) >= 11 is 0. The van der Waals surface area contributed by atoms with E-state index in [-0.39, 0.29) is 12.5 Å². The topological polar surface area (TPSA) is 84.2 Å². The summed E-state index contributed by atoms with van der Waals surface area (Å²) in [6.45, 7) is 4.32. The van der Waals surface area contributed by atoms with Crippen molar-refractivity contribution in [2.24, 2.45) is 5.73 Å². The van der Waals surface area contributed by atoms with Crippen molar-refractivity contribution in [2.45, 2.75) is 38.5 Å². The van der Waals surface area contributed by atoms with Gasteiger partial charge in [0.2, 0.25) is 0 Å². The molecular formula is C20H28N4O2. The van der Waals surface area contributed by atoms with Crippen molar-refractivity contribution in [3.63, 3.8) is 0 Å². The van der Waals surface area contributed by atoms with Gasteiger partial charge in [-0.15, -0.1) is 0 Å². The number of carbonyl (C=O) groups is 1. The fourth-order valence-electron chi connectivity index (χ4n) is 3.37. The summed E-state index contributed by atoms with van der Waals surface area (Å²) in [5.41, 5.74) is 8.97. The van der Waals surface area contributed by atoms with Crippen LogP contribution in [0.5, 0.6) is 5.75 Å². The van der Waals surface area contributed by atoms with Crippen LogP contribution >= 0.6 is 0 Å². The summed E-state index contributed by atoms with van der Waals surface area (Å²) in [6.07, 6.45) is 3.85. The quantitative estimate of drug-likeness (QED) is 0.798. The molecule has 1 aliphatic rings. The molecule has 140 valence electrons. The predicted octanol–water partition coefficient (Wildman–Crippen LogP) is 2.39. The van der Waals surface area contributed by atoms with E-state index < -0.39 is 0 Å². The van der Waals surface area contributed by atoms with E-state index in [0.29, 0.717) is 12.5 Å². The van der Waals surface area contributed by atoms with Crippen molar-refractivity contribution in [1.29, 1.82) is 0 Å². The van der Waals surface area contributed by atoms with Crippen LogP contribution in [0, 0.1) is 6.92 Å². The van der Waals surface area contributed by atoms with Crippen LogP contribution in [0.4, 0.5) is 0 Å². The van der Waals surface area contributed by atoms with Crippen LogP contribution in [0.3, 0.4) is 0 Å². The molecule has 0 atom stereocenters. The van der Waals surface area contributed by atoms with E-state index in [1.54, 1.807) is 0 Å². The van der Waals surface area contributed by atoms with Crippen molar-refractivity contribution in [2.75, 3.05) is 26.2 Å². The molecule has 3 rings (SSSR count). The zero-order chi connectivity index (χ0) is 18.4. The minimum atomic E-state index is 0.0499. The first-order valence-corrected chi connectivity index (χ1v) is 9.37. The van der Waals surface area contributed by atoms with E-state index >= 15 is 0 Å². The maximum absolute atomic E-state index is 12.4. The fourth-order valence-corrected chi connectivity index (χ4v) is 3.37. The molecule has 1 amide bonds. The second-order valence-corrected chi connectivity index (χ2v) is 6.96. The zero-order valence-electron chi connectivity index (χ0n) is 15.4. The maximum atomic E-state index is 12.4. The molecule has 0 radical (unpaired) electrons. The van der Waals surface area contributed by atoms with Crippen molar-refractivity contribution in [3.05, 3.63) is 47.3 Å². The first kappa shape index (κ1) is 18.5. The molecular weight excluding hydrogens is 328 g/mol. The number of H-pyrrole nitrogens is 1. The van der Waals surface area contributed by atoms with Crippen LogP contribution in [-0.2, 0) is 11.2 Å². The molecule has 0 unspecified atom stereocenters. The van der Waals surface area contributed by atoms with E-state index in [1.165, 1.54) is 5.56 Å². The summed E-state index contributed by atoms with van der Waals surface area (Å²) in [5.74, 6) is 1.22. The average molecular weight is 356 g/mol. The van der Waals surface area contributed by atoms with E-state index in [1.807, 2.05) is 36.1 Å². The lowest BCUT2D eigenvalue weighted by Gasteiger charge is -2.31. The minimum absolute atomic E-state index is 0.0499. The largest absolute Gasteiger partial charge is 0.484 e. The second kappa shape index (κ2) is 8.85. The number of likely N-dealkylation sites (tertiary alicyclic amines) is 1. The molecule has 3 N–H and O–H groups in total. The number of rotatable bonds is 7. The van der Waals surface area contributed by atoms with Gasteiger partial charge in [0, 0.05) is 24.7 Å². The van der Waals surface area contributed by atoms with E-state index in [2.05, 4.69) is 16.3 Å². The summed E-state index contributed by atoms with van der Waals surface area (Å²) in [5, 5.41) is 7.35. The number of nitrogens with one attached hydrogen (secondary N) is 1. The molecule has 6 heteroatoms. The van der Waals surface area contributed by atoms with Crippen LogP contribution in [0.25, 0.3) is 0 Å². The van der Waals surface area contributed by atoms with Crippen LogP contribution in [-0.4, -0.2) is 47.2 Å². The predicted molar refractivity (Wildman–Crippen MR) is 101 cm³/mol. The van der Waals surface area contributed by atoms with Gasteiger partial charge in [0.15, 0.2) is 6.61 Å². The maximum Gasteiger partial charge on any atom is 0.260 e. The van der Waals surface area contributed by atoms with E-state index in [4.69, 9.17) is 10.5 Å². The molecule has 1 saturated heterocycles. The molecule has 26 heavy (non-hydrogen) atoms. The molecule has 0 bridgehead atoms. The minimum Gasteiger partial charge on any atom is -0.484 e. The van der Waals surface area contributed by atoms with Crippen LogP contribution in [0.15, 0.2) is 30.3 Å². The highest BCUT2D eigenvalue weighted by molar-refractivity contribution is 5.77. The van der Waals surface area contributed by atoms with Gasteiger partial charge < -0.3 is 15.4 Å². The Morgan fingerprint density at radius 2 is 2.04 bits per heavy atom. The molecule has 1 fully saturated rings. The Kier molecular flexibility index (Phi) is 6.28. The first-order chi connectivity index (χ1) is 12.7. The average Bonchev–Trinajstić information content (AvgIpc) is 3.12. The molecule has 1 aliphatic heterocycles. The van der Waals surface area contributed by atoms with Gasteiger partial charge in [-0.1, -0.05) is 12.1 Å². The van der Waals surface area contributed by atoms with Crippen LogP contribution in [0.1, 0.15) is 42.1 Å². The molecule has 2 heterocycles. The van der Waals surface area contributed by atoms with Gasteiger partial charge in [-0.25, -0.2) is 0 Å². The van der Waals surface area contributed by atoms with Crippen molar-refractivity contribution < 1.29 is 9.53 Å². The van der Waals surface area contributed by atoms with Gasteiger partial charge >= 0.3 is 0 Å². The normalized spacial score (nSPS) is 15.2. The third-order valence-corrected chi connectivity index (χ3v) is 4.95. The van der Waals surface area contributed by atoms with Crippen LogP contribution in [0.2, 0.25) is 0 Å². The number of aromatic nitrogens is 2. The number of hydrogen-bond donors (Lipinski definition) is 2. The van der Waals surface area contributed by atoms with Gasteiger partial charge in [0.1, 0.15) is 5.75 Å². The van der Waals surface area contributed by atoms with Gasteiger partial charge in [-0.3, -0.25) is 9.89 Å². The van der Waals surface area contributed by atoms with Crippen molar-refractivity contribution in [1.82, 2.24) is 15.1 Å². The number of carbonyl (C=O) groups excluding carboxylic acids is 1. The molecule has 1 aromatic heterocycles. The van der Waals surface area contributed by atoms with E-state index in [0.717, 1.165) is 55.9 Å². The Labute approximate surface area is 154 Å². The number of ether oxygens (including phenoxy) is 1. The van der Waals surface area contributed by atoms with Gasteiger partial charge in [0.05, 0.1) is 5.69 Å². The lowest BCUT2D eigenvalue weighted by atomic mass is 9.93. The summed E-state index contributed by atoms with van der Waals surface area (Å²) < 4.78 is 5.66. The monoisotopic (exact) mass is 356 g/mol. The second-order valence-electron chi connectivity index (χ2n) is 6.96. The third kappa shape index (κ3) is 4.85. The highest BCUT2D eigenvalue weighted by Crippen LogP contribution is 2.27. The Bertz CT molecular complexity index is 703. The number of nitrogens with zero attached hydrogens (tertiary/aromatic N) is 2. The standard InChI is InChI=1S/C20H28N4O2/c1-15-13-19(23-22-15)17-8-11-24(12-9-17)20(25)14-26-18-6-4-16(5-7-18)3-2-10-21/h4-7,13,17H,2-3,8-12,14,21H2,1H3,(H,22,23). The molecule has 0 spiro atoms. The number of piperidine rings is 1. The summed E-state index contributed by atoms with van der Waals surface area (Å²) in [4.78, 5) is 14.3. The molecule has 2 aromatic rings. The Morgan fingerprint density at radius 3 is 2.65 bits per heavy atom. The third-order valence-electron chi connectivity index (χ3n) is 4.95. The highest BCUT2D eigenvalue weighted by Gasteiger charge is 2.25. The summed E-state index contributed by atoms with van der Waals surface area (Å²) in [7, 11) is 0. The van der Waals surface area contributed by atoms with Crippen molar-refractivity contribution >= 4 is 5.91 Å². The van der Waals surface area contributed by atoms with Crippen LogP contribution < -0.4 is 10.5 Å². The Balaban J connectivity index is 1.43. The SMILES string of the molecule is Cc1cc(C2CCN(C(=O)COc3ccc(CCCN)cc3)CC2)n[nH]1. The van der Waals surface area contributed by atoms with Gasteiger partial charge in [-0.2, -0.15) is 5.10 Å². The number of amides is 1. The number of hydrogen-bond acceptors (Lipinski definition) is 4. The number of nitrogens with two attached hydrogens (primary N) is 1. The number of benzene rings is 1. The highest BCUT2D eigenvalue weighted by atomic mass is 16.5. The van der Waals surface area contributed by atoms with E-state index in [9.17, 15) is 4.79 Å². The number of aryl methyl sites for hydroxylation is 2. The molecule has 0 saturated carbocycles. The van der Waals surface area contributed by atoms with Gasteiger partial charge in [-0.05, 0) is 62.9 Å². The zero-order valence-corrected chi connectivity index (χ0v) is 15.4. The Hall–Kier alpha value is -2.34. The molecule has 0 aliphatic carbocycles. The lowest BCUT2D eigenvalue weighted by molar-refractivity contribution is -0.134. The van der Waals surface area contributed by atoms with Crippen molar-refractivity contribution in [3.8, 4) is 5.75 Å². The summed E-state index contributed by atoms with van der Waals surface area (Å²) in [6, 6.07) is 10.0. The fraction of sp³-hybridized carbons (Fsp3) is 0.500. The number of aromatic amines is 1.